The van der Waals surface area contributed by atoms with Crippen LogP contribution in [0.5, 0.6) is 34.5 Å². The number of rotatable bonds is 13. The molecule has 1 N–H and O–H groups in total. The zero-order chi connectivity index (χ0) is 33.5. The second kappa shape index (κ2) is 14.9. The van der Waals surface area contributed by atoms with E-state index >= 15 is 0 Å². The van der Waals surface area contributed by atoms with E-state index < -0.39 is 11.9 Å². The van der Waals surface area contributed by atoms with Crippen molar-refractivity contribution in [1.29, 1.82) is 0 Å². The molecule has 1 aliphatic heterocycles. The lowest BCUT2D eigenvalue weighted by atomic mass is 10.0. The molecule has 0 aliphatic carbocycles. The van der Waals surface area contributed by atoms with Crippen LogP contribution in [0, 0.1) is 13.8 Å². The fourth-order valence-corrected chi connectivity index (χ4v) is 5.97. The van der Waals surface area contributed by atoms with Crippen molar-refractivity contribution in [2.75, 3.05) is 46.3 Å². The average Bonchev–Trinajstić information content (AvgIpc) is 3.54. The van der Waals surface area contributed by atoms with E-state index in [-0.39, 0.29) is 25.0 Å². The first-order valence-electron chi connectivity index (χ1n) is 14.6. The van der Waals surface area contributed by atoms with E-state index in [1.165, 1.54) is 38.0 Å². The number of methoxy groups -OCH3 is 4. The molecule has 0 spiro atoms. The summed E-state index contributed by atoms with van der Waals surface area (Å²) in [4.78, 5) is 39.2. The molecule has 5 rings (SSSR count). The van der Waals surface area contributed by atoms with Crippen LogP contribution in [-0.2, 0) is 16.1 Å². The van der Waals surface area contributed by atoms with Crippen molar-refractivity contribution in [3.63, 3.8) is 0 Å². The highest BCUT2D eigenvalue weighted by molar-refractivity contribution is 7.99. The molecule has 1 aliphatic rings. The lowest BCUT2D eigenvalue weighted by Gasteiger charge is -2.32. The van der Waals surface area contributed by atoms with Crippen LogP contribution in [-0.4, -0.2) is 67.7 Å². The molecule has 12 nitrogen and oxygen atoms in total. The molecule has 0 saturated heterocycles. The van der Waals surface area contributed by atoms with E-state index in [1.807, 2.05) is 32.0 Å². The van der Waals surface area contributed by atoms with Crippen molar-refractivity contribution < 1.29 is 38.0 Å². The fourth-order valence-electron chi connectivity index (χ4n) is 5.14. The van der Waals surface area contributed by atoms with Gasteiger partial charge in [-0.25, -0.2) is 9.97 Å². The minimum atomic E-state index is -1.15. The van der Waals surface area contributed by atoms with E-state index in [2.05, 4.69) is 15.3 Å². The van der Waals surface area contributed by atoms with E-state index in [0.29, 0.717) is 50.9 Å². The molecule has 0 fully saturated rings. The zero-order valence-electron chi connectivity index (χ0n) is 27.0. The van der Waals surface area contributed by atoms with Crippen LogP contribution in [0.15, 0.2) is 65.8 Å². The zero-order valence-corrected chi connectivity index (χ0v) is 27.8. The average molecular weight is 661 g/mol. The SMILES string of the molecule is COc1ccc(CN(C(=O)CSc2nc(C)cc(C)n2)[C@@H](C(=O)Nc2ccc3c(c2)OCO3)c2cc(OC)c(OC)c(OC)c2)cc1. The number of thioether (sulfide) groups is 1. The van der Waals surface area contributed by atoms with Gasteiger partial charge in [0.15, 0.2) is 28.2 Å². The summed E-state index contributed by atoms with van der Waals surface area (Å²) >= 11 is 1.20. The van der Waals surface area contributed by atoms with E-state index in [4.69, 9.17) is 28.4 Å². The second-order valence-electron chi connectivity index (χ2n) is 10.5. The Labute approximate surface area is 277 Å². The number of carbonyl (C=O) groups is 2. The number of amides is 2. The van der Waals surface area contributed by atoms with Gasteiger partial charge in [0.05, 0.1) is 34.2 Å². The summed E-state index contributed by atoms with van der Waals surface area (Å²) in [5.41, 5.74) is 3.26. The Morgan fingerprint density at radius 1 is 0.851 bits per heavy atom. The Kier molecular flexibility index (Phi) is 10.6. The van der Waals surface area contributed by atoms with Gasteiger partial charge < -0.3 is 38.6 Å². The van der Waals surface area contributed by atoms with Crippen molar-refractivity contribution in [1.82, 2.24) is 14.9 Å². The fraction of sp³-hybridized carbons (Fsp3) is 0.294. The summed E-state index contributed by atoms with van der Waals surface area (Å²) < 4.78 is 33.1. The molecular formula is C34H36N4O8S. The third-order valence-electron chi connectivity index (χ3n) is 7.32. The molecule has 0 radical (unpaired) electrons. The molecule has 2 amide bonds. The number of nitrogens with one attached hydrogen (secondary N) is 1. The number of ether oxygens (including phenoxy) is 6. The number of benzene rings is 3. The third-order valence-corrected chi connectivity index (χ3v) is 8.15. The number of carbonyl (C=O) groups excluding carboxylic acids is 2. The molecule has 0 unspecified atom stereocenters. The van der Waals surface area contributed by atoms with E-state index in [0.717, 1.165) is 17.0 Å². The van der Waals surface area contributed by atoms with E-state index in [9.17, 15) is 9.59 Å². The van der Waals surface area contributed by atoms with Crippen molar-refractivity contribution in [2.45, 2.75) is 31.6 Å². The number of hydrogen-bond donors (Lipinski definition) is 1. The second-order valence-corrected chi connectivity index (χ2v) is 11.5. The molecule has 1 atom stereocenters. The Balaban J connectivity index is 1.58. The number of fused-ring (bicyclic) bond motifs is 1. The number of aromatic nitrogens is 2. The van der Waals surface area contributed by atoms with Crippen LogP contribution in [0.1, 0.15) is 28.6 Å². The van der Waals surface area contributed by atoms with Crippen molar-refractivity contribution in [3.8, 4) is 34.5 Å². The van der Waals surface area contributed by atoms with E-state index in [1.54, 1.807) is 49.6 Å². The lowest BCUT2D eigenvalue weighted by molar-refractivity contribution is -0.137. The molecule has 0 bridgehead atoms. The topological polar surface area (TPSA) is 131 Å². The van der Waals surface area contributed by atoms with Crippen molar-refractivity contribution in [2.24, 2.45) is 0 Å². The Bertz CT molecular complexity index is 1710. The van der Waals surface area contributed by atoms with Gasteiger partial charge in [0.2, 0.25) is 18.4 Å². The number of anilines is 1. The minimum Gasteiger partial charge on any atom is -0.497 e. The van der Waals surface area contributed by atoms with Crippen LogP contribution in [0.2, 0.25) is 0 Å². The normalized spacial score (nSPS) is 12.2. The smallest absolute Gasteiger partial charge is 0.251 e. The summed E-state index contributed by atoms with van der Waals surface area (Å²) in [5, 5.41) is 3.44. The van der Waals surface area contributed by atoms with Crippen LogP contribution in [0.4, 0.5) is 5.69 Å². The van der Waals surface area contributed by atoms with Gasteiger partial charge in [-0.15, -0.1) is 0 Å². The van der Waals surface area contributed by atoms with Crippen molar-refractivity contribution >= 4 is 29.3 Å². The van der Waals surface area contributed by atoms with Crippen molar-refractivity contribution in [3.05, 3.63) is 83.2 Å². The molecule has 246 valence electrons. The molecule has 3 aromatic carbocycles. The number of nitrogens with zero attached hydrogens (tertiary/aromatic N) is 3. The van der Waals surface area contributed by atoms with Crippen LogP contribution < -0.4 is 33.7 Å². The molecule has 2 heterocycles. The summed E-state index contributed by atoms with van der Waals surface area (Å²) in [6, 6.07) is 16.5. The quantitative estimate of drug-likeness (QED) is 0.147. The molecule has 4 aromatic rings. The largest absolute Gasteiger partial charge is 0.497 e. The van der Waals surface area contributed by atoms with Gasteiger partial charge in [0.1, 0.15) is 11.8 Å². The molecule has 1 aromatic heterocycles. The minimum absolute atomic E-state index is 0.0305. The molecule has 13 heteroatoms. The van der Waals surface area contributed by atoms with Crippen LogP contribution in [0.3, 0.4) is 0 Å². The highest BCUT2D eigenvalue weighted by Crippen LogP contribution is 2.42. The summed E-state index contributed by atoms with van der Waals surface area (Å²) in [5.74, 6) is 1.92. The van der Waals surface area contributed by atoms with Gasteiger partial charge in [-0.05, 0) is 67.4 Å². The highest BCUT2D eigenvalue weighted by Gasteiger charge is 2.34. The molecule has 47 heavy (non-hydrogen) atoms. The first kappa shape index (κ1) is 33.2. The first-order valence-corrected chi connectivity index (χ1v) is 15.6. The van der Waals surface area contributed by atoms with Gasteiger partial charge in [0.25, 0.3) is 5.91 Å². The van der Waals surface area contributed by atoms with Gasteiger partial charge in [0, 0.05) is 29.7 Å². The maximum Gasteiger partial charge on any atom is 0.251 e. The number of hydrogen-bond acceptors (Lipinski definition) is 11. The number of aryl methyl sites for hydroxylation is 2. The predicted molar refractivity (Wildman–Crippen MR) is 176 cm³/mol. The lowest BCUT2D eigenvalue weighted by Crippen LogP contribution is -2.42. The van der Waals surface area contributed by atoms with Crippen LogP contribution >= 0.6 is 11.8 Å². The third kappa shape index (κ3) is 7.80. The Hall–Kier alpha value is -5.17. The molecule has 0 saturated carbocycles. The maximum atomic E-state index is 14.4. The summed E-state index contributed by atoms with van der Waals surface area (Å²) in [6.45, 7) is 3.93. The van der Waals surface area contributed by atoms with Crippen LogP contribution in [0.25, 0.3) is 0 Å². The summed E-state index contributed by atoms with van der Waals surface area (Å²) in [7, 11) is 6.06. The molecular weight excluding hydrogens is 624 g/mol. The first-order chi connectivity index (χ1) is 22.7. The Morgan fingerprint density at radius 3 is 2.13 bits per heavy atom. The highest BCUT2D eigenvalue weighted by atomic mass is 32.2. The van der Waals surface area contributed by atoms with Gasteiger partial charge >= 0.3 is 0 Å². The monoisotopic (exact) mass is 660 g/mol. The van der Waals surface area contributed by atoms with Gasteiger partial charge in [-0.1, -0.05) is 23.9 Å². The predicted octanol–water partition coefficient (Wildman–Crippen LogP) is 5.36. The standard InChI is InChI=1S/C34H36N4O8S/c1-20-13-21(2)36-34(35-20)47-18-30(39)38(17-22-7-10-25(41-3)11-8-22)31(23-14-28(42-4)32(44-6)29(15-23)43-5)33(40)37-24-9-12-26-27(16-24)46-19-45-26/h7-16,31H,17-19H2,1-6H3,(H,37,40)/t31-/m1/s1. The Morgan fingerprint density at radius 2 is 1.51 bits per heavy atom. The maximum absolute atomic E-state index is 14.4. The van der Waals surface area contributed by atoms with Gasteiger partial charge in [-0.2, -0.15) is 0 Å². The van der Waals surface area contributed by atoms with Gasteiger partial charge in [-0.3, -0.25) is 9.59 Å². The summed E-state index contributed by atoms with van der Waals surface area (Å²) in [6.07, 6.45) is 0.